The van der Waals surface area contributed by atoms with Crippen molar-refractivity contribution >= 4 is 62.5 Å². The van der Waals surface area contributed by atoms with E-state index >= 15 is 0 Å². The SMILES string of the molecule is CC(NC(=O)c1cc(F)cc(Cl)c1NC(=O)c1cc(Br)nn1-c1ncccc1Cl)C(N)=O. The van der Waals surface area contributed by atoms with Crippen LogP contribution in [0, 0.1) is 5.82 Å². The molecule has 2 aromatic heterocycles. The average Bonchev–Trinajstić information content (AvgIpc) is 3.11. The van der Waals surface area contributed by atoms with Crippen molar-refractivity contribution < 1.29 is 18.8 Å². The van der Waals surface area contributed by atoms with Gasteiger partial charge in [0.25, 0.3) is 11.8 Å². The van der Waals surface area contributed by atoms with E-state index in [0.717, 1.165) is 12.1 Å². The second kappa shape index (κ2) is 9.63. The third kappa shape index (κ3) is 5.06. The Morgan fingerprint density at radius 3 is 2.56 bits per heavy atom. The first-order valence-corrected chi connectivity index (χ1v) is 10.4. The van der Waals surface area contributed by atoms with E-state index in [-0.39, 0.29) is 32.8 Å². The zero-order valence-electron chi connectivity index (χ0n) is 16.2. The molecule has 1 atom stereocenters. The largest absolute Gasteiger partial charge is 0.368 e. The van der Waals surface area contributed by atoms with Crippen molar-refractivity contribution in [3.05, 3.63) is 68.3 Å². The number of benzene rings is 1. The van der Waals surface area contributed by atoms with Crippen molar-refractivity contribution in [1.29, 1.82) is 0 Å². The van der Waals surface area contributed by atoms with Crippen LogP contribution in [0.25, 0.3) is 5.82 Å². The van der Waals surface area contributed by atoms with E-state index in [1.165, 1.54) is 23.9 Å². The molecule has 2 heterocycles. The minimum atomic E-state index is -1.04. The molecule has 0 aliphatic heterocycles. The van der Waals surface area contributed by atoms with Crippen LogP contribution in [0.3, 0.4) is 0 Å². The summed E-state index contributed by atoms with van der Waals surface area (Å²) >= 11 is 15.5. The molecule has 4 N–H and O–H groups in total. The summed E-state index contributed by atoms with van der Waals surface area (Å²) in [6.45, 7) is 1.35. The van der Waals surface area contributed by atoms with Gasteiger partial charge in [-0.3, -0.25) is 14.4 Å². The highest BCUT2D eigenvalue weighted by Crippen LogP contribution is 2.29. The molecule has 13 heteroatoms. The standard InChI is InChI=1S/C19H14BrCl2FN6O3/c1-8(16(24)30)26-18(31)10-5-9(23)6-12(22)15(10)27-19(32)13-7-14(20)28-29(13)17-11(21)3-2-4-25-17/h2-8H,1H3,(H2,24,30)(H,26,31)(H,27,32). The molecular formula is C19H14BrCl2FN6O3. The number of hydrogen-bond donors (Lipinski definition) is 3. The van der Waals surface area contributed by atoms with Gasteiger partial charge >= 0.3 is 0 Å². The molecule has 1 unspecified atom stereocenters. The number of aromatic nitrogens is 3. The van der Waals surface area contributed by atoms with Crippen LogP contribution in [0.5, 0.6) is 0 Å². The van der Waals surface area contributed by atoms with Crippen LogP contribution in [0.2, 0.25) is 10.0 Å². The first kappa shape index (κ1) is 23.6. The number of halogens is 4. The first-order valence-electron chi connectivity index (χ1n) is 8.85. The predicted molar refractivity (Wildman–Crippen MR) is 120 cm³/mol. The van der Waals surface area contributed by atoms with Crippen LogP contribution in [0.1, 0.15) is 27.8 Å². The van der Waals surface area contributed by atoms with Crippen molar-refractivity contribution in [2.75, 3.05) is 5.32 Å². The molecule has 0 saturated carbocycles. The van der Waals surface area contributed by atoms with E-state index in [1.807, 2.05) is 0 Å². The Labute approximate surface area is 199 Å². The fourth-order valence-electron chi connectivity index (χ4n) is 2.61. The van der Waals surface area contributed by atoms with Crippen molar-refractivity contribution in [2.45, 2.75) is 13.0 Å². The van der Waals surface area contributed by atoms with E-state index in [2.05, 4.69) is 36.6 Å². The van der Waals surface area contributed by atoms with Gasteiger partial charge in [-0.05, 0) is 47.1 Å². The molecule has 0 bridgehead atoms. The van der Waals surface area contributed by atoms with Crippen LogP contribution in [-0.2, 0) is 4.79 Å². The average molecular weight is 544 g/mol. The highest BCUT2D eigenvalue weighted by Gasteiger charge is 2.24. The highest BCUT2D eigenvalue weighted by molar-refractivity contribution is 9.10. The number of amides is 3. The number of primary amides is 1. The fourth-order valence-corrected chi connectivity index (χ4v) is 3.44. The molecule has 0 radical (unpaired) electrons. The summed E-state index contributed by atoms with van der Waals surface area (Å²) in [7, 11) is 0. The lowest BCUT2D eigenvalue weighted by atomic mass is 10.1. The van der Waals surface area contributed by atoms with Gasteiger partial charge in [-0.15, -0.1) is 0 Å². The maximum Gasteiger partial charge on any atom is 0.274 e. The Morgan fingerprint density at radius 2 is 1.91 bits per heavy atom. The van der Waals surface area contributed by atoms with E-state index in [1.54, 1.807) is 12.1 Å². The van der Waals surface area contributed by atoms with Crippen molar-refractivity contribution in [2.24, 2.45) is 5.73 Å². The van der Waals surface area contributed by atoms with Crippen LogP contribution in [-0.4, -0.2) is 38.5 Å². The summed E-state index contributed by atoms with van der Waals surface area (Å²) < 4.78 is 15.4. The molecule has 166 valence electrons. The summed E-state index contributed by atoms with van der Waals surface area (Å²) in [5, 5.41) is 8.94. The summed E-state index contributed by atoms with van der Waals surface area (Å²) in [4.78, 5) is 41.0. The van der Waals surface area contributed by atoms with Crippen LogP contribution in [0.4, 0.5) is 10.1 Å². The minimum absolute atomic E-state index is 0.00488. The number of nitrogens with zero attached hydrogens (tertiary/aromatic N) is 3. The number of rotatable bonds is 6. The third-order valence-corrected chi connectivity index (χ3v) is 5.15. The van der Waals surface area contributed by atoms with Gasteiger partial charge in [-0.25, -0.2) is 14.1 Å². The number of nitrogens with one attached hydrogen (secondary N) is 2. The highest BCUT2D eigenvalue weighted by atomic mass is 79.9. The lowest BCUT2D eigenvalue weighted by molar-refractivity contribution is -0.119. The molecule has 0 spiro atoms. The van der Waals surface area contributed by atoms with Gasteiger partial charge in [0, 0.05) is 12.3 Å². The molecule has 0 fully saturated rings. The molecule has 3 rings (SSSR count). The fraction of sp³-hybridized carbons (Fsp3) is 0.105. The monoisotopic (exact) mass is 542 g/mol. The third-order valence-electron chi connectivity index (χ3n) is 4.16. The van der Waals surface area contributed by atoms with Crippen molar-refractivity contribution in [1.82, 2.24) is 20.1 Å². The maximum absolute atomic E-state index is 13.9. The maximum atomic E-state index is 13.9. The molecule has 0 saturated heterocycles. The Kier molecular flexibility index (Phi) is 7.12. The van der Waals surface area contributed by atoms with Gasteiger partial charge in [0.1, 0.15) is 22.2 Å². The Balaban J connectivity index is 2.00. The Morgan fingerprint density at radius 1 is 1.19 bits per heavy atom. The zero-order chi connectivity index (χ0) is 23.6. The van der Waals surface area contributed by atoms with Gasteiger partial charge in [-0.2, -0.15) is 5.10 Å². The lowest BCUT2D eigenvalue weighted by Gasteiger charge is -2.16. The number of anilines is 1. The summed E-state index contributed by atoms with van der Waals surface area (Å²) in [5.41, 5.74) is 4.66. The molecule has 0 aliphatic rings. The molecule has 9 nitrogen and oxygen atoms in total. The smallest absolute Gasteiger partial charge is 0.274 e. The molecule has 3 aromatic rings. The normalized spacial score (nSPS) is 11.7. The summed E-state index contributed by atoms with van der Waals surface area (Å²) in [5.74, 6) is -3.04. The van der Waals surface area contributed by atoms with Crippen molar-refractivity contribution in [3.8, 4) is 5.82 Å². The van der Waals surface area contributed by atoms with Gasteiger partial charge in [0.2, 0.25) is 5.91 Å². The quantitative estimate of drug-likeness (QED) is 0.438. The summed E-state index contributed by atoms with van der Waals surface area (Å²) in [6, 6.07) is 5.33. The topological polar surface area (TPSA) is 132 Å². The second-order valence-corrected chi connectivity index (χ2v) is 8.06. The molecule has 32 heavy (non-hydrogen) atoms. The number of carbonyl (C=O) groups is 3. The van der Waals surface area contributed by atoms with Crippen LogP contribution >= 0.6 is 39.1 Å². The van der Waals surface area contributed by atoms with Gasteiger partial charge in [0.15, 0.2) is 5.82 Å². The number of pyridine rings is 1. The molecule has 3 amide bonds. The number of hydrogen-bond acceptors (Lipinski definition) is 5. The predicted octanol–water partition coefficient (Wildman–Crippen LogP) is 3.33. The van der Waals surface area contributed by atoms with E-state index in [9.17, 15) is 18.8 Å². The molecular weight excluding hydrogens is 530 g/mol. The van der Waals surface area contributed by atoms with E-state index in [4.69, 9.17) is 28.9 Å². The van der Waals surface area contributed by atoms with Gasteiger partial charge < -0.3 is 16.4 Å². The molecule has 1 aromatic carbocycles. The lowest BCUT2D eigenvalue weighted by Crippen LogP contribution is -2.42. The Hall–Kier alpha value is -3.02. The molecule has 0 aliphatic carbocycles. The van der Waals surface area contributed by atoms with Gasteiger partial charge in [0.05, 0.1) is 21.3 Å². The van der Waals surface area contributed by atoms with Crippen molar-refractivity contribution in [3.63, 3.8) is 0 Å². The number of nitrogens with two attached hydrogens (primary N) is 1. The zero-order valence-corrected chi connectivity index (χ0v) is 19.3. The first-order chi connectivity index (χ1) is 15.1. The summed E-state index contributed by atoms with van der Waals surface area (Å²) in [6.07, 6.45) is 1.47. The number of carbonyl (C=O) groups excluding carboxylic acids is 3. The Bertz CT molecular complexity index is 1240. The van der Waals surface area contributed by atoms with Gasteiger partial charge in [-0.1, -0.05) is 23.2 Å². The van der Waals surface area contributed by atoms with Crippen LogP contribution in [0.15, 0.2) is 41.1 Å². The van der Waals surface area contributed by atoms with E-state index < -0.39 is 29.6 Å². The minimum Gasteiger partial charge on any atom is -0.368 e. The van der Waals surface area contributed by atoms with Crippen LogP contribution < -0.4 is 16.4 Å². The second-order valence-electron chi connectivity index (χ2n) is 6.43. The van der Waals surface area contributed by atoms with E-state index in [0.29, 0.717) is 4.60 Å².